The first-order valence-electron chi connectivity index (χ1n) is 10.2. The monoisotopic (exact) mass is 420 g/mol. The van der Waals surface area contributed by atoms with E-state index in [4.69, 9.17) is 4.74 Å². The van der Waals surface area contributed by atoms with Gasteiger partial charge in [-0.25, -0.2) is 4.79 Å². The first-order chi connectivity index (χ1) is 15.1. The van der Waals surface area contributed by atoms with Crippen LogP contribution in [-0.4, -0.2) is 37.5 Å². The van der Waals surface area contributed by atoms with Gasteiger partial charge in [0.05, 0.1) is 7.11 Å². The number of amides is 2. The highest BCUT2D eigenvalue weighted by Crippen LogP contribution is 2.05. The second-order valence-corrected chi connectivity index (χ2v) is 6.86. The Morgan fingerprint density at radius 1 is 0.839 bits per heavy atom. The third-order valence-electron chi connectivity index (χ3n) is 4.47. The quantitative estimate of drug-likeness (QED) is 0.332. The maximum atomic E-state index is 12.1. The van der Waals surface area contributed by atoms with E-state index < -0.39 is 12.0 Å². The summed E-state index contributed by atoms with van der Waals surface area (Å²) in [6.07, 6.45) is 8.06. The summed E-state index contributed by atoms with van der Waals surface area (Å²) in [6.45, 7) is 0.480. The summed E-state index contributed by atoms with van der Waals surface area (Å²) in [5, 5.41) is 5.49. The van der Waals surface area contributed by atoms with Gasteiger partial charge in [0.1, 0.15) is 6.04 Å². The van der Waals surface area contributed by atoms with Crippen LogP contribution in [0.4, 0.5) is 0 Å². The zero-order chi connectivity index (χ0) is 22.3. The highest BCUT2D eigenvalue weighted by molar-refractivity contribution is 5.94. The maximum Gasteiger partial charge on any atom is 0.328 e. The van der Waals surface area contributed by atoms with Gasteiger partial charge in [0.25, 0.3) is 0 Å². The summed E-state index contributed by atoms with van der Waals surface area (Å²) in [5.74, 6) is -1.03. The summed E-state index contributed by atoms with van der Waals surface area (Å²) in [5.41, 5.74) is 1.85. The number of carbonyl (C=O) groups is 3. The highest BCUT2D eigenvalue weighted by Gasteiger charge is 2.19. The molecule has 0 fully saturated rings. The van der Waals surface area contributed by atoms with Crippen LogP contribution < -0.4 is 10.6 Å². The molecule has 2 amide bonds. The zero-order valence-corrected chi connectivity index (χ0v) is 17.6. The number of nitrogens with one attached hydrogen (secondary N) is 2. The minimum atomic E-state index is -0.730. The van der Waals surface area contributed by atoms with Crippen LogP contribution in [0.1, 0.15) is 30.4 Å². The molecule has 0 bridgehead atoms. The van der Waals surface area contributed by atoms with E-state index in [1.54, 1.807) is 12.2 Å². The van der Waals surface area contributed by atoms with E-state index in [1.807, 2.05) is 60.7 Å². The van der Waals surface area contributed by atoms with Crippen LogP contribution in [-0.2, 0) is 19.1 Å². The Balaban J connectivity index is 1.71. The topological polar surface area (TPSA) is 84.5 Å². The molecule has 2 N–H and O–H groups in total. The minimum Gasteiger partial charge on any atom is -0.467 e. The number of unbranched alkanes of at least 4 members (excludes halogenated alkanes) is 1. The van der Waals surface area contributed by atoms with Crippen LogP contribution in [0, 0.1) is 0 Å². The molecule has 0 spiro atoms. The molecule has 0 aliphatic carbocycles. The molecule has 0 radical (unpaired) electrons. The maximum absolute atomic E-state index is 12.1. The van der Waals surface area contributed by atoms with Crippen molar-refractivity contribution in [1.82, 2.24) is 10.6 Å². The predicted octanol–water partition coefficient (Wildman–Crippen LogP) is 3.36. The Bertz CT molecular complexity index is 892. The van der Waals surface area contributed by atoms with Crippen LogP contribution in [0.5, 0.6) is 0 Å². The van der Waals surface area contributed by atoms with E-state index in [2.05, 4.69) is 10.6 Å². The molecular weight excluding hydrogens is 392 g/mol. The SMILES string of the molecule is COC(=O)C(CCCCNC(=O)/C=C/c1ccccc1)NC(=O)/C=C/c1ccccc1. The van der Waals surface area contributed by atoms with Crippen molar-refractivity contribution in [1.29, 1.82) is 0 Å². The Morgan fingerprint density at radius 2 is 1.39 bits per heavy atom. The van der Waals surface area contributed by atoms with Crippen molar-refractivity contribution in [2.45, 2.75) is 25.3 Å². The van der Waals surface area contributed by atoms with Crippen LogP contribution in [0.3, 0.4) is 0 Å². The number of hydrogen-bond acceptors (Lipinski definition) is 4. The van der Waals surface area contributed by atoms with E-state index in [9.17, 15) is 14.4 Å². The normalized spacial score (nSPS) is 11.9. The molecule has 1 unspecified atom stereocenters. The second kappa shape index (κ2) is 13.5. The molecule has 6 heteroatoms. The average Bonchev–Trinajstić information content (AvgIpc) is 2.81. The molecule has 0 aromatic heterocycles. The number of methoxy groups -OCH3 is 1. The molecule has 0 heterocycles. The lowest BCUT2D eigenvalue weighted by atomic mass is 10.1. The zero-order valence-electron chi connectivity index (χ0n) is 17.6. The third-order valence-corrected chi connectivity index (χ3v) is 4.47. The van der Waals surface area contributed by atoms with Crippen molar-refractivity contribution >= 4 is 29.9 Å². The molecule has 31 heavy (non-hydrogen) atoms. The van der Waals surface area contributed by atoms with Gasteiger partial charge in [0.2, 0.25) is 11.8 Å². The van der Waals surface area contributed by atoms with Crippen molar-refractivity contribution in [2.75, 3.05) is 13.7 Å². The van der Waals surface area contributed by atoms with E-state index in [0.717, 1.165) is 11.1 Å². The minimum absolute atomic E-state index is 0.173. The molecule has 162 valence electrons. The molecule has 2 aromatic carbocycles. The van der Waals surface area contributed by atoms with Crippen LogP contribution >= 0.6 is 0 Å². The Morgan fingerprint density at radius 3 is 1.94 bits per heavy atom. The van der Waals surface area contributed by atoms with Crippen LogP contribution in [0.2, 0.25) is 0 Å². The Labute approximate surface area is 183 Å². The molecule has 0 saturated heterocycles. The van der Waals surface area contributed by atoms with Gasteiger partial charge < -0.3 is 15.4 Å². The van der Waals surface area contributed by atoms with Gasteiger partial charge >= 0.3 is 5.97 Å². The number of hydrogen-bond donors (Lipinski definition) is 2. The molecule has 6 nitrogen and oxygen atoms in total. The smallest absolute Gasteiger partial charge is 0.328 e. The fourth-order valence-electron chi connectivity index (χ4n) is 2.83. The van der Waals surface area contributed by atoms with Gasteiger partial charge in [-0.1, -0.05) is 60.7 Å². The first-order valence-corrected chi connectivity index (χ1v) is 10.2. The van der Waals surface area contributed by atoms with Crippen molar-refractivity contribution in [3.8, 4) is 0 Å². The molecule has 2 aromatic rings. The summed E-state index contributed by atoms with van der Waals surface area (Å²) >= 11 is 0. The van der Waals surface area contributed by atoms with Crippen molar-refractivity contribution in [2.24, 2.45) is 0 Å². The standard InChI is InChI=1S/C25H28N2O4/c1-31-25(30)22(27-24(29)18-16-21-12-6-3-7-13-21)14-8-9-19-26-23(28)17-15-20-10-4-2-5-11-20/h2-7,10-13,15-18,22H,8-9,14,19H2,1H3,(H,26,28)(H,27,29)/b17-15+,18-16+. The predicted molar refractivity (Wildman–Crippen MR) is 122 cm³/mol. The van der Waals surface area contributed by atoms with Gasteiger partial charge in [0.15, 0.2) is 0 Å². The highest BCUT2D eigenvalue weighted by atomic mass is 16.5. The lowest BCUT2D eigenvalue weighted by Gasteiger charge is -2.15. The lowest BCUT2D eigenvalue weighted by Crippen LogP contribution is -2.40. The summed E-state index contributed by atoms with van der Waals surface area (Å²) < 4.78 is 4.79. The summed E-state index contributed by atoms with van der Waals surface area (Å²) in [7, 11) is 1.29. The van der Waals surface area contributed by atoms with Gasteiger partial charge in [-0.05, 0) is 42.5 Å². The van der Waals surface area contributed by atoms with Gasteiger partial charge in [-0.2, -0.15) is 0 Å². The van der Waals surface area contributed by atoms with E-state index in [0.29, 0.717) is 25.8 Å². The number of ether oxygens (including phenoxy) is 1. The van der Waals surface area contributed by atoms with Gasteiger partial charge in [-0.3, -0.25) is 9.59 Å². The molecule has 0 aliphatic rings. The molecule has 2 rings (SSSR count). The van der Waals surface area contributed by atoms with E-state index in [1.165, 1.54) is 19.3 Å². The van der Waals surface area contributed by atoms with Crippen LogP contribution in [0.15, 0.2) is 72.8 Å². The second-order valence-electron chi connectivity index (χ2n) is 6.86. The largest absolute Gasteiger partial charge is 0.467 e. The van der Waals surface area contributed by atoms with Crippen molar-refractivity contribution < 1.29 is 19.1 Å². The molecular formula is C25H28N2O4. The number of benzene rings is 2. The Hall–Kier alpha value is -3.67. The molecule has 0 aliphatic heterocycles. The van der Waals surface area contributed by atoms with Gasteiger partial charge in [0, 0.05) is 18.7 Å². The van der Waals surface area contributed by atoms with Crippen LogP contribution in [0.25, 0.3) is 12.2 Å². The van der Waals surface area contributed by atoms with E-state index in [-0.39, 0.29) is 11.8 Å². The fraction of sp³-hybridized carbons (Fsp3) is 0.240. The molecule has 0 saturated carbocycles. The first kappa shape index (κ1) is 23.6. The number of rotatable bonds is 11. The van der Waals surface area contributed by atoms with Crippen molar-refractivity contribution in [3.05, 3.63) is 83.9 Å². The van der Waals surface area contributed by atoms with Crippen molar-refractivity contribution in [3.63, 3.8) is 0 Å². The Kier molecular flexibility index (Phi) is 10.3. The number of esters is 1. The fourth-order valence-corrected chi connectivity index (χ4v) is 2.83. The lowest BCUT2D eigenvalue weighted by molar-refractivity contribution is -0.144. The molecule has 1 atom stereocenters. The third kappa shape index (κ3) is 9.58. The average molecular weight is 421 g/mol. The summed E-state index contributed by atoms with van der Waals surface area (Å²) in [6, 6.07) is 18.3. The number of carbonyl (C=O) groups excluding carboxylic acids is 3. The summed E-state index contributed by atoms with van der Waals surface area (Å²) in [4.78, 5) is 36.0. The van der Waals surface area contributed by atoms with Gasteiger partial charge in [-0.15, -0.1) is 0 Å². The van der Waals surface area contributed by atoms with E-state index >= 15 is 0 Å².